The molecule has 0 bridgehead atoms. The fraction of sp³-hybridized carbons (Fsp3) is 0.471. The molecule has 0 aliphatic carbocycles. The second-order valence-electron chi connectivity index (χ2n) is 6.37. The highest BCUT2D eigenvalue weighted by Gasteiger charge is 2.37. The molecule has 1 aliphatic heterocycles. The van der Waals surface area contributed by atoms with E-state index in [1.165, 1.54) is 4.31 Å². The molecule has 124 valence electrons. The minimum absolute atomic E-state index is 0.0891. The first-order valence-electron chi connectivity index (χ1n) is 8.04. The predicted molar refractivity (Wildman–Crippen MR) is 91.6 cm³/mol. The molecule has 2 N–H and O–H groups in total. The Morgan fingerprint density at radius 1 is 1.35 bits per heavy atom. The third-order valence-electron chi connectivity index (χ3n) is 4.55. The number of hydrogen-bond donors (Lipinski definition) is 1. The number of rotatable bonds is 4. The molecule has 2 atom stereocenters. The fourth-order valence-electron chi connectivity index (χ4n) is 3.37. The lowest BCUT2D eigenvalue weighted by Crippen LogP contribution is -2.32. The minimum atomic E-state index is -3.58. The molecule has 0 radical (unpaired) electrons. The second-order valence-corrected chi connectivity index (χ2v) is 8.28. The summed E-state index contributed by atoms with van der Waals surface area (Å²) in [6, 6.07) is 7.29. The van der Waals surface area contributed by atoms with E-state index in [1.54, 1.807) is 12.3 Å². The maximum Gasteiger partial charge on any atom is 0.245 e. The van der Waals surface area contributed by atoms with Crippen LogP contribution in [0.15, 0.2) is 35.4 Å². The highest BCUT2D eigenvalue weighted by Crippen LogP contribution is 2.30. The molecule has 2 aromatic rings. The summed E-state index contributed by atoms with van der Waals surface area (Å²) in [7, 11) is -3.58. The van der Waals surface area contributed by atoms with E-state index < -0.39 is 10.0 Å². The first-order valence-corrected chi connectivity index (χ1v) is 9.48. The normalized spacial score (nSPS) is 22.7. The van der Waals surface area contributed by atoms with Gasteiger partial charge in [-0.1, -0.05) is 19.4 Å². The van der Waals surface area contributed by atoms with Crippen LogP contribution in [-0.4, -0.2) is 36.8 Å². The number of aromatic nitrogens is 1. The Balaban J connectivity index is 2.04. The third-order valence-corrected chi connectivity index (χ3v) is 6.39. The molecule has 2 heterocycles. The molecule has 6 heteroatoms. The first kappa shape index (κ1) is 16.4. The van der Waals surface area contributed by atoms with E-state index in [2.05, 4.69) is 11.9 Å². The van der Waals surface area contributed by atoms with Gasteiger partial charge in [-0.05, 0) is 43.0 Å². The number of aryl methyl sites for hydroxylation is 1. The van der Waals surface area contributed by atoms with Crippen molar-refractivity contribution in [3.05, 3.63) is 36.0 Å². The molecule has 1 aromatic heterocycles. The van der Waals surface area contributed by atoms with E-state index in [4.69, 9.17) is 5.73 Å². The molecule has 0 unspecified atom stereocenters. The maximum atomic E-state index is 13.1. The van der Waals surface area contributed by atoms with Crippen molar-refractivity contribution >= 4 is 20.9 Å². The van der Waals surface area contributed by atoms with E-state index >= 15 is 0 Å². The van der Waals surface area contributed by atoms with E-state index in [-0.39, 0.29) is 16.9 Å². The van der Waals surface area contributed by atoms with Gasteiger partial charge in [0.2, 0.25) is 10.0 Å². The molecule has 1 aromatic carbocycles. The molecular weight excluding hydrogens is 310 g/mol. The van der Waals surface area contributed by atoms with Crippen molar-refractivity contribution in [2.24, 2.45) is 11.7 Å². The lowest BCUT2D eigenvalue weighted by atomic mass is 9.99. The van der Waals surface area contributed by atoms with Crippen LogP contribution in [-0.2, 0) is 10.0 Å². The van der Waals surface area contributed by atoms with Crippen molar-refractivity contribution in [2.75, 3.05) is 13.1 Å². The summed E-state index contributed by atoms with van der Waals surface area (Å²) < 4.78 is 27.8. The van der Waals surface area contributed by atoms with Crippen LogP contribution in [0.25, 0.3) is 10.9 Å². The van der Waals surface area contributed by atoms with Crippen LogP contribution in [0.4, 0.5) is 0 Å². The predicted octanol–water partition coefficient (Wildman–Crippen LogP) is 2.29. The molecule has 0 saturated carbocycles. The maximum absolute atomic E-state index is 13.1. The number of benzene rings is 1. The third kappa shape index (κ3) is 2.98. The van der Waals surface area contributed by atoms with Crippen molar-refractivity contribution < 1.29 is 8.42 Å². The lowest BCUT2D eigenvalue weighted by molar-refractivity contribution is 0.439. The summed E-state index contributed by atoms with van der Waals surface area (Å²) in [6.45, 7) is 4.89. The Labute approximate surface area is 137 Å². The van der Waals surface area contributed by atoms with Gasteiger partial charge in [-0.25, -0.2) is 8.42 Å². The fourth-order valence-corrected chi connectivity index (χ4v) is 5.15. The van der Waals surface area contributed by atoms with Gasteiger partial charge in [0.05, 0.1) is 5.52 Å². The Morgan fingerprint density at radius 2 is 2.13 bits per heavy atom. The number of nitrogens with zero attached hydrogens (tertiary/aromatic N) is 2. The highest BCUT2D eigenvalue weighted by atomic mass is 32.2. The average molecular weight is 333 g/mol. The van der Waals surface area contributed by atoms with Gasteiger partial charge in [-0.3, -0.25) is 4.98 Å². The van der Waals surface area contributed by atoms with Gasteiger partial charge >= 0.3 is 0 Å². The van der Waals surface area contributed by atoms with E-state index in [1.807, 2.05) is 25.1 Å². The Bertz CT molecular complexity index is 820. The molecule has 1 fully saturated rings. The molecule has 1 aliphatic rings. The van der Waals surface area contributed by atoms with Crippen LogP contribution >= 0.6 is 0 Å². The summed E-state index contributed by atoms with van der Waals surface area (Å²) in [6.07, 6.45) is 3.60. The van der Waals surface area contributed by atoms with Crippen molar-refractivity contribution in [1.29, 1.82) is 0 Å². The van der Waals surface area contributed by atoms with Crippen molar-refractivity contribution in [3.8, 4) is 0 Å². The smallest absolute Gasteiger partial charge is 0.245 e. The van der Waals surface area contributed by atoms with Crippen molar-refractivity contribution in [3.63, 3.8) is 0 Å². The molecule has 23 heavy (non-hydrogen) atoms. The number of sulfonamides is 1. The van der Waals surface area contributed by atoms with Gasteiger partial charge in [0, 0.05) is 30.7 Å². The lowest BCUT2D eigenvalue weighted by Gasteiger charge is -2.18. The SMILES string of the molecule is CCC[C@@H]1CN(S(=O)(=O)c2cc(C)cc3cccnc23)C[C@H]1N. The van der Waals surface area contributed by atoms with Crippen LogP contribution in [0.5, 0.6) is 0 Å². The van der Waals surface area contributed by atoms with Crippen LogP contribution in [0.3, 0.4) is 0 Å². The van der Waals surface area contributed by atoms with Gasteiger partial charge in [-0.2, -0.15) is 4.31 Å². The van der Waals surface area contributed by atoms with Gasteiger partial charge in [0.1, 0.15) is 4.90 Å². The number of nitrogens with two attached hydrogens (primary N) is 1. The highest BCUT2D eigenvalue weighted by molar-refractivity contribution is 7.89. The van der Waals surface area contributed by atoms with E-state index in [9.17, 15) is 8.42 Å². The van der Waals surface area contributed by atoms with E-state index in [0.29, 0.717) is 18.6 Å². The second kappa shape index (κ2) is 6.19. The van der Waals surface area contributed by atoms with Crippen LogP contribution in [0, 0.1) is 12.8 Å². The van der Waals surface area contributed by atoms with Crippen molar-refractivity contribution in [2.45, 2.75) is 37.6 Å². The Hall–Kier alpha value is -1.50. The summed E-state index contributed by atoms with van der Waals surface area (Å²) in [4.78, 5) is 4.59. The van der Waals surface area contributed by atoms with Gasteiger partial charge in [0.15, 0.2) is 0 Å². The minimum Gasteiger partial charge on any atom is -0.326 e. The topological polar surface area (TPSA) is 76.3 Å². The number of fused-ring (bicyclic) bond motifs is 1. The summed E-state index contributed by atoms with van der Waals surface area (Å²) >= 11 is 0. The molecule has 1 saturated heterocycles. The Morgan fingerprint density at radius 3 is 2.87 bits per heavy atom. The van der Waals surface area contributed by atoms with Crippen LogP contribution in [0.2, 0.25) is 0 Å². The molecule has 0 spiro atoms. The zero-order valence-corrected chi connectivity index (χ0v) is 14.4. The van der Waals surface area contributed by atoms with Crippen LogP contribution in [0.1, 0.15) is 25.3 Å². The zero-order valence-electron chi connectivity index (χ0n) is 13.6. The summed E-state index contributed by atoms with van der Waals surface area (Å²) in [5, 5.41) is 0.847. The standard InChI is InChI=1S/C17H23N3O2S/c1-3-5-14-10-20(11-15(14)18)23(21,22)16-9-12(2)8-13-6-4-7-19-17(13)16/h4,6-9,14-15H,3,5,10-11,18H2,1-2H3/t14-,15-/m1/s1. The average Bonchev–Trinajstić information content (AvgIpc) is 2.89. The van der Waals surface area contributed by atoms with Gasteiger partial charge in [0.25, 0.3) is 0 Å². The summed E-state index contributed by atoms with van der Waals surface area (Å²) in [5.41, 5.74) is 7.60. The molecule has 5 nitrogen and oxygen atoms in total. The largest absolute Gasteiger partial charge is 0.326 e. The summed E-state index contributed by atoms with van der Waals surface area (Å²) in [5.74, 6) is 0.235. The quantitative estimate of drug-likeness (QED) is 0.931. The monoisotopic (exact) mass is 333 g/mol. The van der Waals surface area contributed by atoms with Crippen LogP contribution < -0.4 is 5.73 Å². The van der Waals surface area contributed by atoms with Crippen molar-refractivity contribution in [1.82, 2.24) is 9.29 Å². The van der Waals surface area contributed by atoms with Gasteiger partial charge in [-0.15, -0.1) is 0 Å². The molecular formula is C17H23N3O2S. The molecule has 0 amide bonds. The van der Waals surface area contributed by atoms with Gasteiger partial charge < -0.3 is 5.73 Å². The number of pyridine rings is 1. The first-order chi connectivity index (χ1) is 10.9. The molecule has 3 rings (SSSR count). The zero-order chi connectivity index (χ0) is 16.6. The Kier molecular flexibility index (Phi) is 4.40. The van der Waals surface area contributed by atoms with E-state index in [0.717, 1.165) is 23.8 Å². The number of hydrogen-bond acceptors (Lipinski definition) is 4.